The molecule has 0 bridgehead atoms. The normalized spacial score (nSPS) is 18.0. The molecule has 0 N–H and O–H groups in total. The summed E-state index contributed by atoms with van der Waals surface area (Å²) >= 11 is 13.1. The van der Waals surface area contributed by atoms with Crippen LogP contribution in [0.15, 0.2) is 47.3 Å². The number of hydrogen-bond donors (Lipinski definition) is 0. The van der Waals surface area contributed by atoms with Crippen molar-refractivity contribution in [2.45, 2.75) is 51.9 Å². The van der Waals surface area contributed by atoms with Crippen LogP contribution in [0.4, 0.5) is 5.69 Å². The molecular weight excluding hydrogens is 559 g/mol. The number of carbonyl (C=O) groups is 1. The first kappa shape index (κ1) is 26.5. The summed E-state index contributed by atoms with van der Waals surface area (Å²) in [5, 5.41) is 6.48. The zero-order chi connectivity index (χ0) is 28.3. The molecule has 1 saturated carbocycles. The quantitative estimate of drug-likeness (QED) is 0.211. The molecule has 3 aromatic heterocycles. The summed E-state index contributed by atoms with van der Waals surface area (Å²) in [6, 6.07) is 8.13. The number of carbonyl (C=O) groups excluding carboxylic acids is 1. The van der Waals surface area contributed by atoms with Gasteiger partial charge in [0, 0.05) is 53.6 Å². The van der Waals surface area contributed by atoms with E-state index in [0.717, 1.165) is 78.7 Å². The van der Waals surface area contributed by atoms with E-state index in [0.29, 0.717) is 33.8 Å². The number of fused-ring (bicyclic) bond motifs is 1. The Morgan fingerprint density at radius 1 is 1.12 bits per heavy atom. The Labute approximate surface area is 248 Å². The van der Waals surface area contributed by atoms with Gasteiger partial charge in [0.2, 0.25) is 0 Å². The molecule has 2 aliphatic carbocycles. The van der Waals surface area contributed by atoms with Gasteiger partial charge in [-0.25, -0.2) is 9.78 Å². The first-order chi connectivity index (χ1) is 19.9. The SMILES string of the molecule is CCOC(=O)c1cc(C)c2cc(N3CCC4(C=C(c5c(-c6c(Cl)cncc6Cl)noc5C5CC5)C4)CC3)ccc2n1. The summed E-state index contributed by atoms with van der Waals surface area (Å²) < 4.78 is 11.0. The summed E-state index contributed by atoms with van der Waals surface area (Å²) in [6.45, 7) is 6.09. The molecule has 1 aromatic carbocycles. The van der Waals surface area contributed by atoms with Crippen LogP contribution >= 0.6 is 23.2 Å². The van der Waals surface area contributed by atoms with Crippen LogP contribution in [0, 0.1) is 12.3 Å². The predicted molar refractivity (Wildman–Crippen MR) is 161 cm³/mol. The van der Waals surface area contributed by atoms with Gasteiger partial charge in [-0.2, -0.15) is 0 Å². The summed E-state index contributed by atoms with van der Waals surface area (Å²) in [6.07, 6.45) is 11.0. The van der Waals surface area contributed by atoms with Gasteiger partial charge in [0.25, 0.3) is 0 Å². The van der Waals surface area contributed by atoms with Gasteiger partial charge in [-0.15, -0.1) is 0 Å². The maximum absolute atomic E-state index is 12.2. The van der Waals surface area contributed by atoms with Crippen LogP contribution in [-0.2, 0) is 4.74 Å². The van der Waals surface area contributed by atoms with Crippen molar-refractivity contribution in [1.82, 2.24) is 15.1 Å². The Kier molecular flexibility index (Phi) is 6.55. The number of nitrogens with zero attached hydrogens (tertiary/aromatic N) is 4. The van der Waals surface area contributed by atoms with Crippen LogP contribution < -0.4 is 4.90 Å². The number of rotatable bonds is 6. The lowest BCUT2D eigenvalue weighted by Gasteiger charge is -2.47. The number of hydrogen-bond acceptors (Lipinski definition) is 7. The molecule has 3 aliphatic rings. The van der Waals surface area contributed by atoms with Crippen LogP contribution in [0.2, 0.25) is 10.0 Å². The fourth-order valence-electron chi connectivity index (χ4n) is 6.35. The summed E-state index contributed by atoms with van der Waals surface area (Å²) in [4.78, 5) is 23.3. The molecule has 0 radical (unpaired) electrons. The third-order valence-corrected chi connectivity index (χ3v) is 9.28. The van der Waals surface area contributed by atoms with E-state index in [9.17, 15) is 4.79 Å². The Bertz CT molecular complexity index is 1700. The van der Waals surface area contributed by atoms with E-state index in [-0.39, 0.29) is 11.4 Å². The van der Waals surface area contributed by atoms with E-state index >= 15 is 0 Å². The monoisotopic (exact) mass is 588 g/mol. The van der Waals surface area contributed by atoms with Crippen molar-refractivity contribution in [3.8, 4) is 11.3 Å². The number of esters is 1. The highest BCUT2D eigenvalue weighted by molar-refractivity contribution is 6.39. The van der Waals surface area contributed by atoms with E-state index in [1.165, 1.54) is 11.3 Å². The molecular formula is C32H30Cl2N4O3. The highest BCUT2D eigenvalue weighted by Gasteiger charge is 2.44. The minimum Gasteiger partial charge on any atom is -0.461 e. The van der Waals surface area contributed by atoms with Gasteiger partial charge < -0.3 is 14.2 Å². The first-order valence-corrected chi connectivity index (χ1v) is 15.0. The highest BCUT2D eigenvalue weighted by atomic mass is 35.5. The standard InChI is InChI=1S/C32H30Cl2N4O3/c1-3-40-31(39)26-12-18(2)22-13-21(6-7-25(22)36-26)38-10-8-32(9-11-38)14-20(15-32)27-29(37-41-30(27)19-4-5-19)28-23(33)16-35-17-24(28)34/h6-7,12-14,16-17,19H,3-5,8-11,15H2,1-2H3. The maximum Gasteiger partial charge on any atom is 0.356 e. The van der Waals surface area contributed by atoms with Crippen molar-refractivity contribution < 1.29 is 14.1 Å². The number of benzene rings is 1. The third kappa shape index (κ3) is 4.69. The number of ether oxygens (including phenoxy) is 1. The molecule has 1 aliphatic heterocycles. The lowest BCUT2D eigenvalue weighted by molar-refractivity contribution is 0.0520. The van der Waals surface area contributed by atoms with Crippen molar-refractivity contribution in [1.29, 1.82) is 0 Å². The Hall–Kier alpha value is -3.42. The summed E-state index contributed by atoms with van der Waals surface area (Å²) in [5.41, 5.74) is 7.33. The predicted octanol–water partition coefficient (Wildman–Crippen LogP) is 8.03. The van der Waals surface area contributed by atoms with Gasteiger partial charge in [0.15, 0.2) is 0 Å². The topological polar surface area (TPSA) is 81.4 Å². The zero-order valence-electron chi connectivity index (χ0n) is 23.0. The van der Waals surface area contributed by atoms with Gasteiger partial charge >= 0.3 is 5.97 Å². The lowest BCUT2D eigenvalue weighted by Crippen LogP contribution is -2.42. The van der Waals surface area contributed by atoms with E-state index < -0.39 is 0 Å². The van der Waals surface area contributed by atoms with Crippen LogP contribution in [0.5, 0.6) is 0 Å². The highest BCUT2D eigenvalue weighted by Crippen LogP contribution is 2.56. The Morgan fingerprint density at radius 3 is 2.54 bits per heavy atom. The van der Waals surface area contributed by atoms with Crippen LogP contribution in [-0.4, -0.2) is 40.8 Å². The molecule has 0 atom stereocenters. The number of allylic oxidation sites excluding steroid dienone is 2. The van der Waals surface area contributed by atoms with Crippen LogP contribution in [0.3, 0.4) is 0 Å². The molecule has 7 nitrogen and oxygen atoms in total. The number of aryl methyl sites for hydroxylation is 1. The van der Waals surface area contributed by atoms with Crippen molar-refractivity contribution in [2.24, 2.45) is 5.41 Å². The minimum absolute atomic E-state index is 0.176. The number of halogens is 2. The minimum atomic E-state index is -0.384. The Balaban J connectivity index is 1.11. The van der Waals surface area contributed by atoms with Gasteiger partial charge in [-0.05, 0) is 86.8 Å². The second kappa shape index (κ2) is 10.1. The van der Waals surface area contributed by atoms with E-state index in [2.05, 4.69) is 38.2 Å². The fourth-order valence-corrected chi connectivity index (χ4v) is 6.89. The smallest absolute Gasteiger partial charge is 0.356 e. The average Bonchev–Trinajstić information content (AvgIpc) is 3.71. The molecule has 4 aromatic rings. The Morgan fingerprint density at radius 2 is 1.85 bits per heavy atom. The second-order valence-corrected chi connectivity index (χ2v) is 12.3. The van der Waals surface area contributed by atoms with E-state index in [1.54, 1.807) is 19.3 Å². The largest absolute Gasteiger partial charge is 0.461 e. The second-order valence-electron chi connectivity index (χ2n) is 11.5. The molecule has 1 saturated heterocycles. The molecule has 2 fully saturated rings. The summed E-state index contributed by atoms with van der Waals surface area (Å²) in [5.74, 6) is 1.00. The number of piperidine rings is 1. The average molecular weight is 590 g/mol. The number of anilines is 1. The van der Waals surface area contributed by atoms with Crippen LogP contribution in [0.1, 0.15) is 72.3 Å². The third-order valence-electron chi connectivity index (χ3n) is 8.71. The first-order valence-electron chi connectivity index (χ1n) is 14.2. The molecule has 9 heteroatoms. The van der Waals surface area contributed by atoms with Gasteiger partial charge in [-0.1, -0.05) is 34.4 Å². The summed E-state index contributed by atoms with van der Waals surface area (Å²) in [7, 11) is 0. The molecule has 7 rings (SSSR count). The van der Waals surface area contributed by atoms with Crippen molar-refractivity contribution >= 4 is 51.3 Å². The number of aromatic nitrogens is 3. The maximum atomic E-state index is 12.2. The van der Waals surface area contributed by atoms with Crippen molar-refractivity contribution in [3.05, 3.63) is 75.4 Å². The van der Waals surface area contributed by atoms with Crippen molar-refractivity contribution in [3.63, 3.8) is 0 Å². The van der Waals surface area contributed by atoms with Crippen LogP contribution in [0.25, 0.3) is 27.7 Å². The molecule has 210 valence electrons. The molecule has 41 heavy (non-hydrogen) atoms. The lowest BCUT2D eigenvalue weighted by atomic mass is 9.63. The molecule has 0 amide bonds. The van der Waals surface area contributed by atoms with Crippen molar-refractivity contribution in [2.75, 3.05) is 24.6 Å². The molecule has 1 spiro atoms. The fraction of sp³-hybridized carbons (Fsp3) is 0.375. The number of pyridine rings is 2. The van der Waals surface area contributed by atoms with Gasteiger partial charge in [0.1, 0.15) is 17.1 Å². The van der Waals surface area contributed by atoms with Gasteiger partial charge in [0.05, 0.1) is 22.2 Å². The molecule has 4 heterocycles. The van der Waals surface area contributed by atoms with E-state index in [4.69, 9.17) is 32.5 Å². The van der Waals surface area contributed by atoms with E-state index in [1.807, 2.05) is 19.1 Å². The van der Waals surface area contributed by atoms with Gasteiger partial charge in [-0.3, -0.25) is 4.98 Å². The molecule has 0 unspecified atom stereocenters. The zero-order valence-corrected chi connectivity index (χ0v) is 24.6.